The van der Waals surface area contributed by atoms with Gasteiger partial charge in [0, 0.05) is 31.9 Å². The van der Waals surface area contributed by atoms with Crippen molar-refractivity contribution in [2.75, 3.05) is 27.0 Å². The number of fused-ring (bicyclic) bond motifs is 2. The monoisotopic (exact) mass is 442 g/mol. The van der Waals surface area contributed by atoms with Gasteiger partial charge in [0.15, 0.2) is 17.3 Å². The molecule has 6 rings (SSSR count). The highest BCUT2D eigenvalue weighted by Gasteiger charge is 2.26. The maximum absolute atomic E-state index is 5.60. The summed E-state index contributed by atoms with van der Waals surface area (Å²) in [5.41, 5.74) is 4.30. The number of hydrogen-bond donors (Lipinski definition) is 0. The summed E-state index contributed by atoms with van der Waals surface area (Å²) in [5, 5.41) is 0. The van der Waals surface area contributed by atoms with E-state index in [1.54, 1.807) is 7.11 Å². The predicted octanol–water partition coefficient (Wildman–Crippen LogP) is 4.67. The molecule has 0 radical (unpaired) electrons. The van der Waals surface area contributed by atoms with Crippen LogP contribution in [-0.4, -0.2) is 46.4 Å². The Kier molecular flexibility index (Phi) is 5.11. The first-order valence-electron chi connectivity index (χ1n) is 11.4. The van der Waals surface area contributed by atoms with Crippen molar-refractivity contribution in [3.05, 3.63) is 66.4 Å². The summed E-state index contributed by atoms with van der Waals surface area (Å²) < 4.78 is 19.0. The Hall–Kier alpha value is -3.58. The van der Waals surface area contributed by atoms with Gasteiger partial charge in [-0.15, -0.1) is 0 Å². The topological polar surface area (TPSA) is 61.6 Å². The SMILES string of the molecule is COc1cc(CN2CCC(n3c(-c4ccccn4)nc4ccccc43)CC2)cc2c1OCO2. The normalized spacial score (nSPS) is 16.4. The van der Waals surface area contributed by atoms with E-state index in [4.69, 9.17) is 19.2 Å². The number of aromatic nitrogens is 3. The van der Waals surface area contributed by atoms with Crippen molar-refractivity contribution < 1.29 is 14.2 Å². The number of methoxy groups -OCH3 is 1. The molecule has 1 saturated heterocycles. The van der Waals surface area contributed by atoms with E-state index in [1.165, 1.54) is 11.1 Å². The Morgan fingerprint density at radius 2 is 1.88 bits per heavy atom. The lowest BCUT2D eigenvalue weighted by atomic mass is 10.0. The fraction of sp³-hybridized carbons (Fsp3) is 0.308. The van der Waals surface area contributed by atoms with Gasteiger partial charge in [-0.05, 0) is 54.8 Å². The zero-order valence-electron chi connectivity index (χ0n) is 18.6. The van der Waals surface area contributed by atoms with E-state index in [2.05, 4.69) is 44.8 Å². The highest BCUT2D eigenvalue weighted by molar-refractivity contribution is 5.80. The summed E-state index contributed by atoms with van der Waals surface area (Å²) in [6.45, 7) is 3.13. The van der Waals surface area contributed by atoms with Gasteiger partial charge < -0.3 is 18.8 Å². The smallest absolute Gasteiger partial charge is 0.231 e. The Labute approximate surface area is 192 Å². The quantitative estimate of drug-likeness (QED) is 0.448. The third kappa shape index (κ3) is 3.68. The number of pyridine rings is 1. The van der Waals surface area contributed by atoms with Gasteiger partial charge in [0.25, 0.3) is 0 Å². The maximum atomic E-state index is 5.60. The second-order valence-corrected chi connectivity index (χ2v) is 8.55. The van der Waals surface area contributed by atoms with Crippen molar-refractivity contribution in [1.82, 2.24) is 19.4 Å². The second-order valence-electron chi connectivity index (χ2n) is 8.55. The van der Waals surface area contributed by atoms with Gasteiger partial charge in [0.1, 0.15) is 5.69 Å². The lowest BCUT2D eigenvalue weighted by Crippen LogP contribution is -2.34. The van der Waals surface area contributed by atoms with Crippen LogP contribution in [0.4, 0.5) is 0 Å². The van der Waals surface area contributed by atoms with Gasteiger partial charge in [-0.2, -0.15) is 0 Å². The van der Waals surface area contributed by atoms with Crippen molar-refractivity contribution in [2.45, 2.75) is 25.4 Å². The molecular formula is C26H26N4O3. The number of hydrogen-bond acceptors (Lipinski definition) is 6. The first-order valence-corrected chi connectivity index (χ1v) is 11.4. The Morgan fingerprint density at radius 3 is 2.70 bits per heavy atom. The van der Waals surface area contributed by atoms with E-state index in [9.17, 15) is 0 Å². The number of benzene rings is 2. The lowest BCUT2D eigenvalue weighted by Gasteiger charge is -2.33. The van der Waals surface area contributed by atoms with Gasteiger partial charge in [-0.25, -0.2) is 4.98 Å². The molecule has 0 amide bonds. The van der Waals surface area contributed by atoms with Crippen LogP contribution in [0.5, 0.6) is 17.2 Å². The summed E-state index contributed by atoms with van der Waals surface area (Å²) in [5.74, 6) is 3.16. The Balaban J connectivity index is 1.23. The number of ether oxygens (including phenoxy) is 3. The molecule has 0 bridgehead atoms. The molecule has 2 aliphatic heterocycles. The summed E-state index contributed by atoms with van der Waals surface area (Å²) in [6.07, 6.45) is 3.95. The van der Waals surface area contributed by atoms with E-state index in [-0.39, 0.29) is 6.79 Å². The number of nitrogens with zero attached hydrogens (tertiary/aromatic N) is 4. The number of imidazole rings is 1. The largest absolute Gasteiger partial charge is 0.493 e. The molecule has 4 heterocycles. The Bertz CT molecular complexity index is 1280. The number of para-hydroxylation sites is 2. The Morgan fingerprint density at radius 1 is 1.03 bits per heavy atom. The molecule has 0 spiro atoms. The minimum atomic E-state index is 0.248. The van der Waals surface area contributed by atoms with E-state index in [1.807, 2.05) is 30.5 Å². The van der Waals surface area contributed by atoms with Crippen LogP contribution in [0.3, 0.4) is 0 Å². The van der Waals surface area contributed by atoms with Crippen LogP contribution in [-0.2, 0) is 6.54 Å². The first kappa shape index (κ1) is 20.1. The fourth-order valence-electron chi connectivity index (χ4n) is 4.96. The second kappa shape index (κ2) is 8.41. The molecule has 168 valence electrons. The molecule has 2 aliphatic rings. The standard InChI is InChI=1S/C26H26N4O3/c1-31-23-14-18(15-24-25(23)33-17-32-24)16-29-12-9-19(10-13-29)30-22-8-3-2-6-20(22)28-26(30)21-7-4-5-11-27-21/h2-8,11,14-15,19H,9-10,12-13,16-17H2,1H3. The third-order valence-corrected chi connectivity index (χ3v) is 6.54. The summed E-state index contributed by atoms with van der Waals surface area (Å²) in [4.78, 5) is 12.0. The van der Waals surface area contributed by atoms with Crippen LogP contribution in [0, 0.1) is 0 Å². The van der Waals surface area contributed by atoms with Gasteiger partial charge in [-0.1, -0.05) is 18.2 Å². The molecule has 2 aromatic heterocycles. The zero-order valence-corrected chi connectivity index (χ0v) is 18.6. The zero-order chi connectivity index (χ0) is 22.2. The van der Waals surface area contributed by atoms with Crippen LogP contribution in [0.2, 0.25) is 0 Å². The molecule has 33 heavy (non-hydrogen) atoms. The maximum Gasteiger partial charge on any atom is 0.231 e. The third-order valence-electron chi connectivity index (χ3n) is 6.54. The fourth-order valence-corrected chi connectivity index (χ4v) is 4.96. The van der Waals surface area contributed by atoms with Crippen molar-refractivity contribution in [3.8, 4) is 28.8 Å². The minimum absolute atomic E-state index is 0.248. The van der Waals surface area contributed by atoms with Crippen molar-refractivity contribution >= 4 is 11.0 Å². The molecule has 0 atom stereocenters. The first-order chi connectivity index (χ1) is 16.3. The molecule has 1 fully saturated rings. The number of rotatable bonds is 5. The van der Waals surface area contributed by atoms with E-state index < -0.39 is 0 Å². The predicted molar refractivity (Wildman–Crippen MR) is 126 cm³/mol. The molecule has 2 aromatic carbocycles. The average Bonchev–Trinajstić information content (AvgIpc) is 3.49. The molecule has 4 aromatic rings. The number of likely N-dealkylation sites (tertiary alicyclic amines) is 1. The molecule has 0 aliphatic carbocycles. The minimum Gasteiger partial charge on any atom is -0.493 e. The summed E-state index contributed by atoms with van der Waals surface area (Å²) in [6, 6.07) is 18.9. The van der Waals surface area contributed by atoms with E-state index >= 15 is 0 Å². The molecule has 0 unspecified atom stereocenters. The lowest BCUT2D eigenvalue weighted by molar-refractivity contribution is 0.171. The summed E-state index contributed by atoms with van der Waals surface area (Å²) >= 11 is 0. The van der Waals surface area contributed by atoms with Gasteiger partial charge in [-0.3, -0.25) is 9.88 Å². The van der Waals surface area contributed by atoms with Gasteiger partial charge >= 0.3 is 0 Å². The van der Waals surface area contributed by atoms with Crippen LogP contribution >= 0.6 is 0 Å². The molecule has 0 N–H and O–H groups in total. The number of piperidine rings is 1. The van der Waals surface area contributed by atoms with Crippen LogP contribution in [0.15, 0.2) is 60.8 Å². The van der Waals surface area contributed by atoms with E-state index in [0.29, 0.717) is 11.8 Å². The van der Waals surface area contributed by atoms with Crippen LogP contribution in [0.1, 0.15) is 24.4 Å². The molecular weight excluding hydrogens is 416 g/mol. The van der Waals surface area contributed by atoms with Crippen molar-refractivity contribution in [3.63, 3.8) is 0 Å². The molecule has 7 nitrogen and oxygen atoms in total. The molecule has 7 heteroatoms. The van der Waals surface area contributed by atoms with Crippen LogP contribution in [0.25, 0.3) is 22.6 Å². The van der Waals surface area contributed by atoms with Gasteiger partial charge in [0.2, 0.25) is 12.5 Å². The van der Waals surface area contributed by atoms with Crippen molar-refractivity contribution in [2.24, 2.45) is 0 Å². The highest BCUT2D eigenvalue weighted by atomic mass is 16.7. The average molecular weight is 443 g/mol. The van der Waals surface area contributed by atoms with Crippen LogP contribution < -0.4 is 14.2 Å². The van der Waals surface area contributed by atoms with E-state index in [0.717, 1.165) is 61.0 Å². The van der Waals surface area contributed by atoms with Crippen molar-refractivity contribution in [1.29, 1.82) is 0 Å². The highest BCUT2D eigenvalue weighted by Crippen LogP contribution is 2.42. The molecule has 0 saturated carbocycles. The summed E-state index contributed by atoms with van der Waals surface area (Å²) in [7, 11) is 1.67. The van der Waals surface area contributed by atoms with Gasteiger partial charge in [0.05, 0.1) is 18.1 Å².